The van der Waals surface area contributed by atoms with E-state index in [9.17, 15) is 14.4 Å². The highest BCUT2D eigenvalue weighted by Crippen LogP contribution is 2.28. The highest BCUT2D eigenvalue weighted by atomic mass is 16.2. The van der Waals surface area contributed by atoms with Crippen LogP contribution in [-0.2, 0) is 16.0 Å². The van der Waals surface area contributed by atoms with Crippen molar-refractivity contribution in [1.82, 2.24) is 9.80 Å². The lowest BCUT2D eigenvalue weighted by Gasteiger charge is -2.34. The number of amides is 3. The summed E-state index contributed by atoms with van der Waals surface area (Å²) in [5.41, 5.74) is 2.40. The van der Waals surface area contributed by atoms with Crippen LogP contribution in [0.15, 0.2) is 18.2 Å². The highest BCUT2D eigenvalue weighted by Gasteiger charge is 2.27. The second-order valence-corrected chi connectivity index (χ2v) is 6.00. The third-order valence-corrected chi connectivity index (χ3v) is 4.63. The van der Waals surface area contributed by atoms with Gasteiger partial charge in [0, 0.05) is 50.9 Å². The minimum Gasteiger partial charge on any atom is -0.339 e. The molecule has 122 valence electrons. The van der Waals surface area contributed by atoms with Crippen molar-refractivity contribution in [3.63, 3.8) is 0 Å². The number of carbonyl (C=O) groups is 3. The van der Waals surface area contributed by atoms with Crippen molar-refractivity contribution in [3.8, 4) is 0 Å². The summed E-state index contributed by atoms with van der Waals surface area (Å²) >= 11 is 0. The van der Waals surface area contributed by atoms with Crippen molar-refractivity contribution in [1.29, 1.82) is 0 Å². The lowest BCUT2D eigenvalue weighted by molar-refractivity contribution is -0.132. The van der Waals surface area contributed by atoms with Crippen molar-refractivity contribution in [2.24, 2.45) is 0 Å². The molecule has 6 nitrogen and oxygen atoms in total. The van der Waals surface area contributed by atoms with Crippen LogP contribution in [0.25, 0.3) is 0 Å². The fourth-order valence-electron chi connectivity index (χ4n) is 3.17. The quantitative estimate of drug-likeness (QED) is 0.815. The molecule has 0 saturated carbocycles. The molecule has 3 rings (SSSR count). The van der Waals surface area contributed by atoms with Gasteiger partial charge in [-0.15, -0.1) is 0 Å². The zero-order valence-corrected chi connectivity index (χ0v) is 13.5. The van der Waals surface area contributed by atoms with E-state index in [2.05, 4.69) is 0 Å². The molecule has 6 heteroatoms. The molecule has 2 aliphatic heterocycles. The number of rotatable bonds is 2. The van der Waals surface area contributed by atoms with E-state index in [0.29, 0.717) is 44.6 Å². The van der Waals surface area contributed by atoms with Crippen LogP contribution in [-0.4, -0.2) is 60.7 Å². The van der Waals surface area contributed by atoms with Crippen LogP contribution in [0, 0.1) is 0 Å². The largest absolute Gasteiger partial charge is 0.339 e. The summed E-state index contributed by atoms with van der Waals surface area (Å²) in [5.74, 6) is 0.158. The summed E-state index contributed by atoms with van der Waals surface area (Å²) in [5, 5.41) is 0. The lowest BCUT2D eigenvalue weighted by Crippen LogP contribution is -2.50. The number of nitrogens with zero attached hydrogens (tertiary/aromatic N) is 3. The number of carbonyl (C=O) groups excluding carboxylic acids is 3. The van der Waals surface area contributed by atoms with Crippen molar-refractivity contribution in [2.75, 3.05) is 38.1 Å². The number of benzene rings is 1. The average molecular weight is 315 g/mol. The van der Waals surface area contributed by atoms with Gasteiger partial charge in [-0.25, -0.2) is 0 Å². The van der Waals surface area contributed by atoms with E-state index in [4.69, 9.17) is 0 Å². The van der Waals surface area contributed by atoms with E-state index < -0.39 is 0 Å². The van der Waals surface area contributed by atoms with Gasteiger partial charge in [0.2, 0.25) is 11.8 Å². The average Bonchev–Trinajstić information content (AvgIpc) is 2.87. The zero-order valence-electron chi connectivity index (χ0n) is 13.5. The maximum atomic E-state index is 12.6. The van der Waals surface area contributed by atoms with Gasteiger partial charge >= 0.3 is 0 Å². The van der Waals surface area contributed by atoms with Crippen LogP contribution >= 0.6 is 0 Å². The zero-order chi connectivity index (χ0) is 16.6. The van der Waals surface area contributed by atoms with Crippen molar-refractivity contribution in [2.45, 2.75) is 19.8 Å². The van der Waals surface area contributed by atoms with E-state index in [-0.39, 0.29) is 17.7 Å². The Morgan fingerprint density at radius 3 is 2.39 bits per heavy atom. The Labute approximate surface area is 135 Å². The Kier molecular flexibility index (Phi) is 4.07. The van der Waals surface area contributed by atoms with Crippen molar-refractivity contribution in [3.05, 3.63) is 29.3 Å². The van der Waals surface area contributed by atoms with E-state index in [1.165, 1.54) is 0 Å². The Hall–Kier alpha value is -2.37. The molecule has 0 atom stereocenters. The number of fused-ring (bicyclic) bond motifs is 1. The van der Waals surface area contributed by atoms with Crippen molar-refractivity contribution >= 4 is 23.4 Å². The minimum absolute atomic E-state index is 0.0293. The topological polar surface area (TPSA) is 60.9 Å². The molecule has 1 aromatic rings. The van der Waals surface area contributed by atoms with Gasteiger partial charge in [-0.1, -0.05) is 6.92 Å². The molecule has 0 bridgehead atoms. The van der Waals surface area contributed by atoms with Crippen LogP contribution in [0.1, 0.15) is 29.3 Å². The number of likely N-dealkylation sites (N-methyl/N-ethyl adjacent to an activating group) is 1. The fourth-order valence-corrected chi connectivity index (χ4v) is 3.17. The molecule has 2 aliphatic rings. The summed E-state index contributed by atoms with van der Waals surface area (Å²) in [6.45, 7) is 4.14. The number of hydrogen-bond donors (Lipinski definition) is 0. The maximum absolute atomic E-state index is 12.6. The van der Waals surface area contributed by atoms with Gasteiger partial charge in [-0.3, -0.25) is 14.4 Å². The molecule has 0 aliphatic carbocycles. The van der Waals surface area contributed by atoms with Gasteiger partial charge in [-0.05, 0) is 23.8 Å². The minimum atomic E-state index is -0.0293. The molecule has 0 radical (unpaired) electrons. The molecule has 3 amide bonds. The SMILES string of the molecule is CCC(=O)N1CCN(C(=O)c2ccc3c(c2)CC(=O)N3C)CC1. The van der Waals surface area contributed by atoms with Crippen LogP contribution in [0.2, 0.25) is 0 Å². The first-order valence-electron chi connectivity index (χ1n) is 7.97. The molecule has 1 aromatic carbocycles. The van der Waals surface area contributed by atoms with Gasteiger partial charge in [0.05, 0.1) is 6.42 Å². The fraction of sp³-hybridized carbons (Fsp3) is 0.471. The molecule has 1 fully saturated rings. The van der Waals surface area contributed by atoms with Crippen molar-refractivity contribution < 1.29 is 14.4 Å². The number of anilines is 1. The number of piperazine rings is 1. The molecular formula is C17H21N3O3. The summed E-state index contributed by atoms with van der Waals surface area (Å²) in [4.78, 5) is 41.3. The Morgan fingerprint density at radius 1 is 1.09 bits per heavy atom. The molecule has 0 aromatic heterocycles. The van der Waals surface area contributed by atoms with Gasteiger partial charge in [0.25, 0.3) is 5.91 Å². The maximum Gasteiger partial charge on any atom is 0.253 e. The number of hydrogen-bond acceptors (Lipinski definition) is 3. The standard InChI is InChI=1S/C17H21N3O3/c1-3-15(21)19-6-8-20(9-7-19)17(23)12-4-5-14-13(10-12)11-16(22)18(14)2/h4-5,10H,3,6-9,11H2,1-2H3. The monoisotopic (exact) mass is 315 g/mol. The first-order valence-corrected chi connectivity index (χ1v) is 7.97. The van der Waals surface area contributed by atoms with E-state index in [1.807, 2.05) is 19.1 Å². The summed E-state index contributed by atoms with van der Waals surface area (Å²) in [6.07, 6.45) is 0.853. The van der Waals surface area contributed by atoms with Gasteiger partial charge < -0.3 is 14.7 Å². The van der Waals surface area contributed by atoms with Gasteiger partial charge in [-0.2, -0.15) is 0 Å². The summed E-state index contributed by atoms with van der Waals surface area (Å²) < 4.78 is 0. The third-order valence-electron chi connectivity index (χ3n) is 4.63. The van der Waals surface area contributed by atoms with E-state index in [1.54, 1.807) is 27.8 Å². The Morgan fingerprint density at radius 2 is 1.74 bits per heavy atom. The predicted octanol–water partition coefficient (Wildman–Crippen LogP) is 0.900. The summed E-state index contributed by atoms with van der Waals surface area (Å²) in [7, 11) is 1.75. The second-order valence-electron chi connectivity index (χ2n) is 6.00. The van der Waals surface area contributed by atoms with Gasteiger partial charge in [0.1, 0.15) is 0 Å². The predicted molar refractivity (Wildman–Crippen MR) is 86.3 cm³/mol. The lowest BCUT2D eigenvalue weighted by atomic mass is 10.1. The normalized spacial score (nSPS) is 17.5. The van der Waals surface area contributed by atoms with Gasteiger partial charge in [0.15, 0.2) is 0 Å². The molecule has 0 unspecified atom stereocenters. The Balaban J connectivity index is 1.69. The highest BCUT2D eigenvalue weighted by molar-refractivity contribution is 6.03. The molecule has 2 heterocycles. The smallest absolute Gasteiger partial charge is 0.253 e. The summed E-state index contributed by atoms with van der Waals surface area (Å²) in [6, 6.07) is 5.44. The van der Waals surface area contributed by atoms with Crippen LogP contribution in [0.5, 0.6) is 0 Å². The van der Waals surface area contributed by atoms with Crippen LogP contribution in [0.4, 0.5) is 5.69 Å². The molecule has 23 heavy (non-hydrogen) atoms. The van der Waals surface area contributed by atoms with E-state index >= 15 is 0 Å². The van der Waals surface area contributed by atoms with Crippen LogP contribution in [0.3, 0.4) is 0 Å². The third kappa shape index (κ3) is 2.81. The first-order chi connectivity index (χ1) is 11.0. The molecule has 0 N–H and O–H groups in total. The molecule has 1 saturated heterocycles. The molecular weight excluding hydrogens is 294 g/mol. The second kappa shape index (κ2) is 6.02. The van der Waals surface area contributed by atoms with E-state index in [0.717, 1.165) is 11.3 Å². The Bertz CT molecular complexity index is 663. The first kappa shape index (κ1) is 15.5. The van der Waals surface area contributed by atoms with Crippen LogP contribution < -0.4 is 4.90 Å². The molecule has 0 spiro atoms.